The van der Waals surface area contributed by atoms with Crippen molar-refractivity contribution in [2.24, 2.45) is 0 Å². The van der Waals surface area contributed by atoms with Crippen molar-refractivity contribution in [2.45, 2.75) is 25.8 Å². The lowest BCUT2D eigenvalue weighted by atomic mass is 9.94. The number of carbonyl (C=O) groups is 2. The third-order valence-electron chi connectivity index (χ3n) is 5.41. The molecule has 0 saturated heterocycles. The summed E-state index contributed by atoms with van der Waals surface area (Å²) in [5, 5.41) is 6.30. The van der Waals surface area contributed by atoms with E-state index in [2.05, 4.69) is 27.7 Å². The Morgan fingerprint density at radius 3 is 2.73 bits per heavy atom. The van der Waals surface area contributed by atoms with Gasteiger partial charge in [0.05, 0.1) is 30.5 Å². The molecular formula is C23H24ClN3O3. The molecule has 2 amide bonds. The monoisotopic (exact) mass is 425 g/mol. The molecule has 0 aromatic heterocycles. The zero-order chi connectivity index (χ0) is 21.1. The van der Waals surface area contributed by atoms with Crippen molar-refractivity contribution >= 4 is 29.3 Å². The lowest BCUT2D eigenvalue weighted by Gasteiger charge is -2.35. The highest BCUT2D eigenvalue weighted by atomic mass is 35.5. The summed E-state index contributed by atoms with van der Waals surface area (Å²) in [5.74, 6) is -0.440. The molecule has 2 aliphatic heterocycles. The van der Waals surface area contributed by atoms with Gasteiger partial charge in [0.25, 0.3) is 0 Å². The Morgan fingerprint density at radius 1 is 1.20 bits per heavy atom. The molecule has 1 atom stereocenters. The van der Waals surface area contributed by atoms with E-state index >= 15 is 0 Å². The van der Waals surface area contributed by atoms with E-state index in [1.54, 1.807) is 19.1 Å². The topological polar surface area (TPSA) is 70.7 Å². The number of carbonyl (C=O) groups excluding carboxylic acids is 2. The van der Waals surface area contributed by atoms with E-state index in [9.17, 15) is 9.59 Å². The Hall–Kier alpha value is -2.99. The summed E-state index contributed by atoms with van der Waals surface area (Å²) < 4.78 is 5.35. The van der Waals surface area contributed by atoms with Crippen molar-refractivity contribution in [3.05, 3.63) is 76.0 Å². The lowest BCUT2D eigenvalue weighted by Crippen LogP contribution is -2.49. The lowest BCUT2D eigenvalue weighted by molar-refractivity contribution is -0.139. The van der Waals surface area contributed by atoms with Crippen LogP contribution in [0.2, 0.25) is 5.02 Å². The molecule has 0 spiro atoms. The number of nitrogens with zero attached hydrogens (tertiary/aromatic N) is 1. The summed E-state index contributed by atoms with van der Waals surface area (Å²) in [7, 11) is 0. The number of hydrogen-bond donors (Lipinski definition) is 2. The highest BCUT2D eigenvalue weighted by Gasteiger charge is 2.34. The zero-order valence-electron chi connectivity index (χ0n) is 16.8. The van der Waals surface area contributed by atoms with E-state index in [0.29, 0.717) is 22.8 Å². The average Bonchev–Trinajstić information content (AvgIpc) is 2.74. The highest BCUT2D eigenvalue weighted by molar-refractivity contribution is 6.30. The van der Waals surface area contributed by atoms with Gasteiger partial charge in [-0.05, 0) is 49.1 Å². The summed E-state index contributed by atoms with van der Waals surface area (Å²) in [6.45, 7) is 3.29. The minimum atomic E-state index is -0.606. The third-order valence-corrected chi connectivity index (χ3v) is 5.66. The summed E-state index contributed by atoms with van der Waals surface area (Å²) >= 11 is 6.02. The summed E-state index contributed by atoms with van der Waals surface area (Å²) in [4.78, 5) is 27.6. The van der Waals surface area contributed by atoms with Gasteiger partial charge in [0, 0.05) is 17.3 Å². The van der Waals surface area contributed by atoms with Crippen molar-refractivity contribution in [3.63, 3.8) is 0 Å². The van der Waals surface area contributed by atoms with Crippen molar-refractivity contribution in [1.82, 2.24) is 10.6 Å². The smallest absolute Gasteiger partial charge is 0.338 e. The first-order valence-electron chi connectivity index (χ1n) is 10.1. The molecule has 2 aliphatic rings. The summed E-state index contributed by atoms with van der Waals surface area (Å²) in [5.41, 5.74) is 4.16. The first-order valence-corrected chi connectivity index (χ1v) is 10.5. The Balaban J connectivity index is 1.75. The van der Waals surface area contributed by atoms with E-state index < -0.39 is 12.0 Å². The van der Waals surface area contributed by atoms with Crippen LogP contribution in [0.25, 0.3) is 0 Å². The van der Waals surface area contributed by atoms with Gasteiger partial charge < -0.3 is 20.3 Å². The van der Waals surface area contributed by atoms with E-state index in [0.717, 1.165) is 30.6 Å². The van der Waals surface area contributed by atoms with Gasteiger partial charge in [-0.25, -0.2) is 9.59 Å². The number of aryl methyl sites for hydroxylation is 1. The van der Waals surface area contributed by atoms with Crippen LogP contribution in [0, 0.1) is 0 Å². The fourth-order valence-corrected chi connectivity index (χ4v) is 4.19. The van der Waals surface area contributed by atoms with Gasteiger partial charge >= 0.3 is 12.0 Å². The van der Waals surface area contributed by atoms with Crippen molar-refractivity contribution in [1.29, 1.82) is 0 Å². The molecule has 2 heterocycles. The Morgan fingerprint density at radius 2 is 1.97 bits per heavy atom. The number of para-hydroxylation sites is 1. The Labute approximate surface area is 180 Å². The molecule has 2 aromatic rings. The molecule has 2 aromatic carbocycles. The molecule has 0 radical (unpaired) electrons. The first-order chi connectivity index (χ1) is 14.6. The van der Waals surface area contributed by atoms with Crippen LogP contribution >= 0.6 is 11.6 Å². The second-order valence-corrected chi connectivity index (χ2v) is 7.79. The van der Waals surface area contributed by atoms with Crippen LogP contribution in [0.4, 0.5) is 10.5 Å². The number of benzene rings is 2. The highest BCUT2D eigenvalue weighted by Crippen LogP contribution is 2.32. The second kappa shape index (κ2) is 8.79. The molecule has 0 aliphatic carbocycles. The maximum Gasteiger partial charge on any atom is 0.338 e. The molecule has 30 heavy (non-hydrogen) atoms. The number of esters is 1. The van der Waals surface area contributed by atoms with Gasteiger partial charge in [0.2, 0.25) is 0 Å². The SMILES string of the molecule is CCOC(=O)C1=C(CN2CCCc3ccccc32)NC(=O)NC1c1ccc(Cl)cc1. The molecule has 1 unspecified atom stereocenters. The molecular weight excluding hydrogens is 402 g/mol. The molecule has 0 bridgehead atoms. The number of halogens is 1. The molecule has 156 valence electrons. The van der Waals surface area contributed by atoms with Gasteiger partial charge in [0.15, 0.2) is 0 Å². The molecule has 2 N–H and O–H groups in total. The zero-order valence-corrected chi connectivity index (χ0v) is 17.5. The minimum Gasteiger partial charge on any atom is -0.463 e. The average molecular weight is 426 g/mol. The fraction of sp³-hybridized carbons (Fsp3) is 0.304. The van der Waals surface area contributed by atoms with Crippen molar-refractivity contribution in [2.75, 3.05) is 24.6 Å². The second-order valence-electron chi connectivity index (χ2n) is 7.35. The van der Waals surface area contributed by atoms with Crippen molar-refractivity contribution in [3.8, 4) is 0 Å². The largest absolute Gasteiger partial charge is 0.463 e. The number of ether oxygens (including phenoxy) is 1. The third kappa shape index (κ3) is 4.14. The normalized spacial score (nSPS) is 18.4. The van der Waals surface area contributed by atoms with Gasteiger partial charge in [-0.15, -0.1) is 0 Å². The number of amides is 2. The van der Waals surface area contributed by atoms with Crippen LogP contribution in [0.3, 0.4) is 0 Å². The molecule has 0 saturated carbocycles. The van der Waals surface area contributed by atoms with Gasteiger partial charge in [-0.3, -0.25) is 0 Å². The van der Waals surface area contributed by atoms with Gasteiger partial charge in [-0.1, -0.05) is 41.9 Å². The predicted molar refractivity (Wildman–Crippen MR) is 116 cm³/mol. The van der Waals surface area contributed by atoms with Gasteiger partial charge in [-0.2, -0.15) is 0 Å². The van der Waals surface area contributed by atoms with Crippen LogP contribution in [0.1, 0.15) is 30.5 Å². The molecule has 6 nitrogen and oxygen atoms in total. The van der Waals surface area contributed by atoms with E-state index in [-0.39, 0.29) is 12.6 Å². The van der Waals surface area contributed by atoms with E-state index in [1.165, 1.54) is 5.56 Å². The van der Waals surface area contributed by atoms with E-state index in [1.807, 2.05) is 24.3 Å². The number of fused-ring (bicyclic) bond motifs is 1. The molecule has 4 rings (SSSR count). The first kappa shape index (κ1) is 20.3. The van der Waals surface area contributed by atoms with Crippen LogP contribution in [-0.2, 0) is 16.0 Å². The number of hydrogen-bond acceptors (Lipinski definition) is 4. The standard InChI is InChI=1S/C23H24ClN3O3/c1-2-30-22(28)20-18(14-27-13-5-7-15-6-3-4-8-19(15)27)25-23(29)26-21(20)16-9-11-17(24)12-10-16/h3-4,6,8-12,21H,2,5,7,13-14H2,1H3,(H2,25,26,29). The number of urea groups is 1. The van der Waals surface area contributed by atoms with Crippen molar-refractivity contribution < 1.29 is 14.3 Å². The van der Waals surface area contributed by atoms with Crippen LogP contribution in [0.15, 0.2) is 59.8 Å². The predicted octanol–water partition coefficient (Wildman–Crippen LogP) is 3.96. The summed E-state index contributed by atoms with van der Waals surface area (Å²) in [6.07, 6.45) is 2.05. The number of nitrogens with one attached hydrogen (secondary N) is 2. The summed E-state index contributed by atoms with van der Waals surface area (Å²) in [6, 6.07) is 14.4. The van der Waals surface area contributed by atoms with Crippen LogP contribution in [0.5, 0.6) is 0 Å². The maximum atomic E-state index is 12.9. The minimum absolute atomic E-state index is 0.253. The van der Waals surface area contributed by atoms with Crippen LogP contribution < -0.4 is 15.5 Å². The van der Waals surface area contributed by atoms with Crippen LogP contribution in [-0.4, -0.2) is 31.7 Å². The number of rotatable bonds is 5. The Kier molecular flexibility index (Phi) is 5.95. The Bertz CT molecular complexity index is 987. The maximum absolute atomic E-state index is 12.9. The van der Waals surface area contributed by atoms with E-state index in [4.69, 9.17) is 16.3 Å². The quantitative estimate of drug-likeness (QED) is 0.711. The van der Waals surface area contributed by atoms with Gasteiger partial charge in [0.1, 0.15) is 0 Å². The molecule has 7 heteroatoms. The fourth-order valence-electron chi connectivity index (χ4n) is 4.06. The number of anilines is 1. The molecule has 0 fully saturated rings.